The molecule has 0 spiro atoms. The summed E-state index contributed by atoms with van der Waals surface area (Å²) in [7, 11) is 2.04. The van der Waals surface area contributed by atoms with Crippen LogP contribution < -0.4 is 5.32 Å². The molecule has 0 aliphatic carbocycles. The summed E-state index contributed by atoms with van der Waals surface area (Å²) in [5.74, 6) is 0. The summed E-state index contributed by atoms with van der Waals surface area (Å²) in [5, 5.41) is 5.48. The van der Waals surface area contributed by atoms with Crippen LogP contribution in [0.1, 0.15) is 44.2 Å². The van der Waals surface area contributed by atoms with Gasteiger partial charge in [0.05, 0.1) is 4.34 Å². The van der Waals surface area contributed by atoms with Gasteiger partial charge in [0, 0.05) is 12.1 Å². The fraction of sp³-hybridized carbons (Fsp3) is 0.714. The smallest absolute Gasteiger partial charge is 0.0931 e. The molecule has 1 N–H and O–H groups in total. The fourth-order valence-electron chi connectivity index (χ4n) is 2.89. The van der Waals surface area contributed by atoms with Crippen molar-refractivity contribution < 1.29 is 0 Å². The van der Waals surface area contributed by atoms with Crippen LogP contribution in [0.2, 0.25) is 4.34 Å². The summed E-state index contributed by atoms with van der Waals surface area (Å²) in [4.78, 5) is 2.67. The molecule has 1 saturated heterocycles. The first kappa shape index (κ1) is 14.3. The van der Waals surface area contributed by atoms with Gasteiger partial charge in [-0.1, -0.05) is 18.0 Å². The first-order valence-electron chi connectivity index (χ1n) is 6.86. The Bertz CT molecular complexity index is 366. The monoisotopic (exact) mass is 286 g/mol. The standard InChI is InChI=1S/C14H23ClN2S/c1-11(12-9-14(15)18-10-12)17-8-4-3-5-13(17)6-7-16-2/h9-11,13,16H,3-8H2,1-2H3. The number of hydrogen-bond acceptors (Lipinski definition) is 3. The fourth-order valence-corrected chi connectivity index (χ4v) is 3.87. The highest BCUT2D eigenvalue weighted by Gasteiger charge is 2.27. The van der Waals surface area contributed by atoms with E-state index in [9.17, 15) is 0 Å². The third-order valence-corrected chi connectivity index (χ3v) is 5.08. The van der Waals surface area contributed by atoms with Crippen LogP contribution in [0.3, 0.4) is 0 Å². The molecule has 2 unspecified atom stereocenters. The topological polar surface area (TPSA) is 15.3 Å². The van der Waals surface area contributed by atoms with E-state index in [0.29, 0.717) is 6.04 Å². The maximum atomic E-state index is 6.05. The number of nitrogens with zero attached hydrogens (tertiary/aromatic N) is 1. The molecule has 4 heteroatoms. The van der Waals surface area contributed by atoms with Gasteiger partial charge in [-0.15, -0.1) is 11.3 Å². The largest absolute Gasteiger partial charge is 0.320 e. The maximum absolute atomic E-state index is 6.05. The lowest BCUT2D eigenvalue weighted by Gasteiger charge is -2.40. The van der Waals surface area contributed by atoms with Crippen molar-refractivity contribution in [3.63, 3.8) is 0 Å². The van der Waals surface area contributed by atoms with E-state index in [1.165, 1.54) is 37.8 Å². The van der Waals surface area contributed by atoms with Crippen LogP contribution in [0.25, 0.3) is 0 Å². The highest BCUT2D eigenvalue weighted by molar-refractivity contribution is 7.14. The summed E-state index contributed by atoms with van der Waals surface area (Å²) in [6.07, 6.45) is 5.29. The van der Waals surface area contributed by atoms with Gasteiger partial charge in [0.25, 0.3) is 0 Å². The predicted molar refractivity (Wildman–Crippen MR) is 80.6 cm³/mol. The van der Waals surface area contributed by atoms with Crippen LogP contribution >= 0.6 is 22.9 Å². The molecular formula is C14H23ClN2S. The first-order valence-corrected chi connectivity index (χ1v) is 8.12. The van der Waals surface area contributed by atoms with Gasteiger partial charge in [0.2, 0.25) is 0 Å². The van der Waals surface area contributed by atoms with Crippen LogP contribution in [0.4, 0.5) is 0 Å². The predicted octanol–water partition coefficient (Wildman–Crippen LogP) is 3.93. The zero-order valence-electron chi connectivity index (χ0n) is 11.3. The Balaban J connectivity index is 2.03. The summed E-state index contributed by atoms with van der Waals surface area (Å²) in [5.41, 5.74) is 1.38. The van der Waals surface area contributed by atoms with E-state index in [4.69, 9.17) is 11.6 Å². The second-order valence-corrected chi connectivity index (χ2v) is 6.68. The van der Waals surface area contributed by atoms with Gasteiger partial charge in [-0.2, -0.15) is 0 Å². The van der Waals surface area contributed by atoms with Crippen LogP contribution in [0.15, 0.2) is 11.4 Å². The molecule has 18 heavy (non-hydrogen) atoms. The van der Waals surface area contributed by atoms with E-state index in [-0.39, 0.29) is 0 Å². The molecule has 1 aliphatic heterocycles. The molecule has 0 aromatic carbocycles. The molecular weight excluding hydrogens is 264 g/mol. The third-order valence-electron chi connectivity index (χ3n) is 3.97. The Hall–Kier alpha value is -0.0900. The van der Waals surface area contributed by atoms with Gasteiger partial charge in [-0.25, -0.2) is 0 Å². The summed E-state index contributed by atoms with van der Waals surface area (Å²) >= 11 is 7.70. The SMILES string of the molecule is CNCCC1CCCCN1C(C)c1csc(Cl)c1. The lowest BCUT2D eigenvalue weighted by atomic mass is 9.96. The molecule has 0 radical (unpaired) electrons. The van der Waals surface area contributed by atoms with Crippen molar-refractivity contribution in [2.24, 2.45) is 0 Å². The molecule has 1 aliphatic rings. The summed E-state index contributed by atoms with van der Waals surface area (Å²) < 4.78 is 0.903. The summed E-state index contributed by atoms with van der Waals surface area (Å²) in [6.45, 7) is 4.65. The lowest BCUT2D eigenvalue weighted by Crippen LogP contribution is -2.42. The number of rotatable bonds is 5. The van der Waals surface area contributed by atoms with Crippen molar-refractivity contribution in [3.05, 3.63) is 21.3 Å². The molecule has 2 atom stereocenters. The number of piperidine rings is 1. The van der Waals surface area contributed by atoms with E-state index in [0.717, 1.165) is 16.9 Å². The van der Waals surface area contributed by atoms with Crippen molar-refractivity contribution in [2.75, 3.05) is 20.1 Å². The normalized spacial score (nSPS) is 23.2. The van der Waals surface area contributed by atoms with Crippen molar-refractivity contribution in [1.82, 2.24) is 10.2 Å². The molecule has 1 fully saturated rings. The van der Waals surface area contributed by atoms with Crippen LogP contribution in [-0.2, 0) is 0 Å². The van der Waals surface area contributed by atoms with Gasteiger partial charge in [-0.05, 0) is 63.3 Å². The van der Waals surface area contributed by atoms with E-state index < -0.39 is 0 Å². The molecule has 0 bridgehead atoms. The quantitative estimate of drug-likeness (QED) is 0.882. The van der Waals surface area contributed by atoms with Gasteiger partial charge < -0.3 is 5.32 Å². The minimum Gasteiger partial charge on any atom is -0.320 e. The van der Waals surface area contributed by atoms with E-state index >= 15 is 0 Å². The Labute approximate surface area is 119 Å². The number of nitrogens with one attached hydrogen (secondary N) is 1. The molecule has 2 nitrogen and oxygen atoms in total. The van der Waals surface area contributed by atoms with Gasteiger partial charge in [0.15, 0.2) is 0 Å². The Morgan fingerprint density at radius 1 is 1.56 bits per heavy atom. The minimum absolute atomic E-state index is 0.496. The van der Waals surface area contributed by atoms with Crippen molar-refractivity contribution >= 4 is 22.9 Å². The Morgan fingerprint density at radius 2 is 2.39 bits per heavy atom. The zero-order valence-corrected chi connectivity index (χ0v) is 12.9. The average Bonchev–Trinajstić information content (AvgIpc) is 2.82. The number of halogens is 1. The van der Waals surface area contributed by atoms with Crippen LogP contribution in [0.5, 0.6) is 0 Å². The summed E-state index contributed by atoms with van der Waals surface area (Å²) in [6, 6.07) is 3.34. The van der Waals surface area contributed by atoms with Crippen molar-refractivity contribution in [1.29, 1.82) is 0 Å². The van der Waals surface area contributed by atoms with Crippen LogP contribution in [-0.4, -0.2) is 31.1 Å². The van der Waals surface area contributed by atoms with Gasteiger partial charge >= 0.3 is 0 Å². The highest BCUT2D eigenvalue weighted by atomic mass is 35.5. The highest BCUT2D eigenvalue weighted by Crippen LogP contribution is 2.33. The molecule has 2 rings (SSSR count). The molecule has 1 aromatic rings. The van der Waals surface area contributed by atoms with Crippen molar-refractivity contribution in [2.45, 2.75) is 44.7 Å². The van der Waals surface area contributed by atoms with Crippen molar-refractivity contribution in [3.8, 4) is 0 Å². The molecule has 0 saturated carbocycles. The molecule has 0 amide bonds. The third kappa shape index (κ3) is 3.47. The van der Waals surface area contributed by atoms with Gasteiger partial charge in [0.1, 0.15) is 0 Å². The lowest BCUT2D eigenvalue weighted by molar-refractivity contribution is 0.0974. The van der Waals surface area contributed by atoms with E-state index in [1.807, 2.05) is 7.05 Å². The molecule has 102 valence electrons. The molecule has 2 heterocycles. The number of hydrogen-bond donors (Lipinski definition) is 1. The zero-order chi connectivity index (χ0) is 13.0. The Kier molecular flexibility index (Phi) is 5.49. The van der Waals surface area contributed by atoms with E-state index in [2.05, 4.69) is 28.6 Å². The number of likely N-dealkylation sites (tertiary alicyclic amines) is 1. The molecule has 1 aromatic heterocycles. The van der Waals surface area contributed by atoms with Crippen LogP contribution in [0, 0.1) is 0 Å². The number of thiophene rings is 1. The average molecular weight is 287 g/mol. The second-order valence-electron chi connectivity index (χ2n) is 5.14. The van der Waals surface area contributed by atoms with Gasteiger partial charge in [-0.3, -0.25) is 4.90 Å². The minimum atomic E-state index is 0.496. The Morgan fingerprint density at radius 3 is 3.06 bits per heavy atom. The van der Waals surface area contributed by atoms with E-state index in [1.54, 1.807) is 11.3 Å². The first-order chi connectivity index (χ1) is 8.72. The second kappa shape index (κ2) is 6.90. The maximum Gasteiger partial charge on any atom is 0.0931 e.